The summed E-state index contributed by atoms with van der Waals surface area (Å²) in [6, 6.07) is 5.52. The maximum Gasteiger partial charge on any atom is 0.247 e. The van der Waals surface area contributed by atoms with Gasteiger partial charge < -0.3 is 9.47 Å². The summed E-state index contributed by atoms with van der Waals surface area (Å²) in [5.74, 6) is 1.23. The first-order valence-corrected chi connectivity index (χ1v) is 6.78. The van der Waals surface area contributed by atoms with Crippen LogP contribution in [0, 0.1) is 0 Å². The molecule has 20 heavy (non-hydrogen) atoms. The van der Waals surface area contributed by atoms with E-state index in [4.69, 9.17) is 9.47 Å². The molecule has 2 atom stereocenters. The highest BCUT2D eigenvalue weighted by Crippen LogP contribution is 2.48. The topological polar surface area (TPSA) is 59.0 Å². The van der Waals surface area contributed by atoms with E-state index >= 15 is 0 Å². The molecule has 1 fully saturated rings. The Bertz CT molecular complexity index is 612. The van der Waals surface area contributed by atoms with Gasteiger partial charge in [0.2, 0.25) is 12.7 Å². The average molecular weight is 273 g/mol. The van der Waals surface area contributed by atoms with Gasteiger partial charge in [0.1, 0.15) is 0 Å². The van der Waals surface area contributed by atoms with Crippen molar-refractivity contribution in [2.45, 2.75) is 30.7 Å². The molecule has 0 spiro atoms. The standard InChI is InChI=1S/C15H15NO4/c17-14-8-15(6-2-1-3-13(15)16(14)18)10-4-5-11-12(7-10)20-9-19-11/h1,3-5,7,13,18H,2,6,8-9H2. The van der Waals surface area contributed by atoms with Gasteiger partial charge in [0, 0.05) is 11.8 Å². The van der Waals surface area contributed by atoms with Crippen molar-refractivity contribution < 1.29 is 19.5 Å². The van der Waals surface area contributed by atoms with Gasteiger partial charge >= 0.3 is 0 Å². The van der Waals surface area contributed by atoms with E-state index in [9.17, 15) is 10.0 Å². The molecule has 1 N–H and O–H groups in total. The van der Waals surface area contributed by atoms with Crippen molar-refractivity contribution in [3.63, 3.8) is 0 Å². The van der Waals surface area contributed by atoms with Crippen LogP contribution in [0.2, 0.25) is 0 Å². The number of carbonyl (C=O) groups is 1. The minimum atomic E-state index is -0.360. The molecule has 2 heterocycles. The zero-order valence-corrected chi connectivity index (χ0v) is 10.9. The van der Waals surface area contributed by atoms with Crippen molar-refractivity contribution in [2.75, 3.05) is 6.79 Å². The Kier molecular flexibility index (Phi) is 2.35. The predicted molar refractivity (Wildman–Crippen MR) is 69.7 cm³/mol. The van der Waals surface area contributed by atoms with Crippen molar-refractivity contribution in [1.82, 2.24) is 5.06 Å². The normalized spacial score (nSPS) is 30.8. The van der Waals surface area contributed by atoms with Crippen LogP contribution in [-0.4, -0.2) is 29.0 Å². The smallest absolute Gasteiger partial charge is 0.247 e. The van der Waals surface area contributed by atoms with E-state index in [0.29, 0.717) is 12.2 Å². The highest BCUT2D eigenvalue weighted by Gasteiger charge is 2.52. The number of hydrogen-bond acceptors (Lipinski definition) is 4. The Balaban J connectivity index is 1.83. The quantitative estimate of drug-likeness (QED) is 0.628. The van der Waals surface area contributed by atoms with Gasteiger partial charge in [0.25, 0.3) is 0 Å². The van der Waals surface area contributed by atoms with Crippen molar-refractivity contribution in [1.29, 1.82) is 0 Å². The summed E-state index contributed by atoms with van der Waals surface area (Å²) in [5, 5.41) is 10.9. The number of carbonyl (C=O) groups excluding carboxylic acids is 1. The van der Waals surface area contributed by atoms with Crippen LogP contribution >= 0.6 is 0 Å². The molecule has 2 aliphatic heterocycles. The van der Waals surface area contributed by atoms with Gasteiger partial charge in [-0.25, -0.2) is 5.06 Å². The number of hydroxylamine groups is 2. The minimum absolute atomic E-state index is 0.223. The molecular formula is C15H15NO4. The second kappa shape index (κ2) is 3.99. The summed E-state index contributed by atoms with van der Waals surface area (Å²) in [6.07, 6.45) is 6.04. The third-order valence-corrected chi connectivity index (χ3v) is 4.57. The first-order valence-electron chi connectivity index (χ1n) is 6.78. The minimum Gasteiger partial charge on any atom is -0.454 e. The molecular weight excluding hydrogens is 258 g/mol. The van der Waals surface area contributed by atoms with Crippen molar-refractivity contribution in [3.8, 4) is 11.5 Å². The molecule has 104 valence electrons. The highest BCUT2D eigenvalue weighted by atomic mass is 16.7. The Labute approximate surface area is 116 Å². The summed E-state index contributed by atoms with van der Waals surface area (Å²) < 4.78 is 10.8. The lowest BCUT2D eigenvalue weighted by Gasteiger charge is -2.36. The van der Waals surface area contributed by atoms with E-state index in [1.165, 1.54) is 0 Å². The average Bonchev–Trinajstić information content (AvgIpc) is 3.03. The van der Waals surface area contributed by atoms with E-state index in [1.54, 1.807) is 0 Å². The van der Waals surface area contributed by atoms with Crippen LogP contribution in [0.3, 0.4) is 0 Å². The SMILES string of the molecule is O=C1CC2(c3ccc4c(c3)OCO4)CCC=CC2N1O. The van der Waals surface area contributed by atoms with Gasteiger partial charge in [-0.05, 0) is 30.5 Å². The highest BCUT2D eigenvalue weighted by molar-refractivity contribution is 5.81. The molecule has 0 bridgehead atoms. The molecule has 5 heteroatoms. The number of ether oxygens (including phenoxy) is 2. The summed E-state index contributed by atoms with van der Waals surface area (Å²) >= 11 is 0. The largest absolute Gasteiger partial charge is 0.454 e. The fraction of sp³-hybridized carbons (Fsp3) is 0.400. The van der Waals surface area contributed by atoms with Gasteiger partial charge in [-0.1, -0.05) is 18.2 Å². The van der Waals surface area contributed by atoms with Crippen LogP contribution in [-0.2, 0) is 10.2 Å². The van der Waals surface area contributed by atoms with Crippen LogP contribution in [0.4, 0.5) is 0 Å². The van der Waals surface area contributed by atoms with Gasteiger partial charge in [0.05, 0.1) is 6.04 Å². The summed E-state index contributed by atoms with van der Waals surface area (Å²) in [7, 11) is 0. The predicted octanol–water partition coefficient (Wildman–Crippen LogP) is 1.99. The molecule has 0 aromatic heterocycles. The number of rotatable bonds is 1. The van der Waals surface area contributed by atoms with Crippen LogP contribution in [0.5, 0.6) is 11.5 Å². The van der Waals surface area contributed by atoms with Crippen molar-refractivity contribution >= 4 is 5.91 Å². The zero-order chi connectivity index (χ0) is 13.7. The van der Waals surface area contributed by atoms with Gasteiger partial charge in [-0.2, -0.15) is 0 Å². The molecule has 3 aliphatic rings. The molecule has 1 amide bonds. The fourth-order valence-corrected chi connectivity index (χ4v) is 3.54. The maximum atomic E-state index is 11.9. The zero-order valence-electron chi connectivity index (χ0n) is 10.9. The monoisotopic (exact) mass is 273 g/mol. The number of amides is 1. The van der Waals surface area contributed by atoms with E-state index < -0.39 is 0 Å². The molecule has 0 saturated carbocycles. The first-order chi connectivity index (χ1) is 9.71. The summed E-state index contributed by atoms with van der Waals surface area (Å²) in [5.41, 5.74) is 0.669. The number of nitrogens with zero attached hydrogens (tertiary/aromatic N) is 1. The van der Waals surface area contributed by atoms with Crippen LogP contribution in [0.15, 0.2) is 30.4 Å². The van der Waals surface area contributed by atoms with Gasteiger partial charge in [0.15, 0.2) is 11.5 Å². The fourth-order valence-electron chi connectivity index (χ4n) is 3.54. The Morgan fingerprint density at radius 1 is 1.30 bits per heavy atom. The molecule has 5 nitrogen and oxygen atoms in total. The van der Waals surface area contributed by atoms with E-state index in [1.807, 2.05) is 30.4 Å². The van der Waals surface area contributed by atoms with Crippen molar-refractivity contribution in [3.05, 3.63) is 35.9 Å². The summed E-state index contributed by atoms with van der Waals surface area (Å²) in [4.78, 5) is 11.9. The molecule has 1 aromatic rings. The van der Waals surface area contributed by atoms with E-state index in [-0.39, 0.29) is 24.2 Å². The first kappa shape index (κ1) is 11.8. The summed E-state index contributed by atoms with van der Waals surface area (Å²) in [6.45, 7) is 0.236. The Hall–Kier alpha value is -2.01. The molecule has 2 unspecified atom stereocenters. The number of benzene rings is 1. The number of hydrogen-bond donors (Lipinski definition) is 1. The van der Waals surface area contributed by atoms with Gasteiger partial charge in [-0.3, -0.25) is 10.0 Å². The van der Waals surface area contributed by atoms with Crippen LogP contribution in [0.25, 0.3) is 0 Å². The Morgan fingerprint density at radius 3 is 3.05 bits per heavy atom. The van der Waals surface area contributed by atoms with Crippen molar-refractivity contribution in [2.24, 2.45) is 0 Å². The van der Waals surface area contributed by atoms with Crippen LogP contribution in [0.1, 0.15) is 24.8 Å². The maximum absolute atomic E-state index is 11.9. The second-order valence-electron chi connectivity index (χ2n) is 5.55. The molecule has 1 saturated heterocycles. The van der Waals surface area contributed by atoms with E-state index in [2.05, 4.69) is 0 Å². The molecule has 0 radical (unpaired) electrons. The molecule has 4 rings (SSSR count). The lowest BCUT2D eigenvalue weighted by atomic mass is 9.68. The third kappa shape index (κ3) is 1.44. The molecule has 1 aliphatic carbocycles. The number of allylic oxidation sites excluding steroid dienone is 1. The number of fused-ring (bicyclic) bond motifs is 2. The van der Waals surface area contributed by atoms with Crippen LogP contribution < -0.4 is 9.47 Å². The lowest BCUT2D eigenvalue weighted by molar-refractivity contribution is -0.163. The Morgan fingerprint density at radius 2 is 2.15 bits per heavy atom. The third-order valence-electron chi connectivity index (χ3n) is 4.57. The van der Waals surface area contributed by atoms with E-state index in [0.717, 1.165) is 29.2 Å². The van der Waals surface area contributed by atoms with Gasteiger partial charge in [-0.15, -0.1) is 0 Å². The second-order valence-corrected chi connectivity index (χ2v) is 5.55. The lowest BCUT2D eigenvalue weighted by Crippen LogP contribution is -2.41. The molecule has 1 aromatic carbocycles.